The number of para-hydroxylation sites is 1. The van der Waals surface area contributed by atoms with Crippen molar-refractivity contribution < 1.29 is 4.79 Å². The zero-order valence-electron chi connectivity index (χ0n) is 10.4. The summed E-state index contributed by atoms with van der Waals surface area (Å²) in [5.41, 5.74) is 1.64. The Morgan fingerprint density at radius 1 is 1.56 bits per heavy atom. The van der Waals surface area contributed by atoms with Gasteiger partial charge in [-0.2, -0.15) is 0 Å². The molecule has 1 heterocycles. The van der Waals surface area contributed by atoms with Crippen molar-refractivity contribution in [2.75, 3.05) is 11.4 Å². The van der Waals surface area contributed by atoms with Crippen LogP contribution in [0, 0.1) is 12.8 Å². The molecule has 3 nitrogen and oxygen atoms in total. The van der Waals surface area contributed by atoms with E-state index in [1.54, 1.807) is 6.07 Å². The lowest BCUT2D eigenvalue weighted by Gasteiger charge is -2.34. The molecule has 1 fully saturated rings. The normalized spacial score (nSPS) is 19.9. The number of benzene rings is 1. The Kier molecular flexibility index (Phi) is 3.88. The van der Waals surface area contributed by atoms with Crippen LogP contribution in [0.1, 0.15) is 18.9 Å². The SMILES string of the molecule is CCC1CNC(=S)N(c2c(C)cccc2Cl)C1=O. The number of carbonyl (C=O) groups excluding carboxylic acids is 1. The van der Waals surface area contributed by atoms with Gasteiger partial charge in [0.05, 0.1) is 16.6 Å². The first kappa shape index (κ1) is 13.3. The van der Waals surface area contributed by atoms with E-state index in [1.165, 1.54) is 4.90 Å². The van der Waals surface area contributed by atoms with Gasteiger partial charge in [-0.25, -0.2) is 0 Å². The number of nitrogens with one attached hydrogen (secondary N) is 1. The second kappa shape index (κ2) is 5.24. The molecule has 1 aromatic carbocycles. The largest absolute Gasteiger partial charge is 0.361 e. The van der Waals surface area contributed by atoms with Gasteiger partial charge in [0.25, 0.3) is 0 Å². The molecule has 0 spiro atoms. The van der Waals surface area contributed by atoms with Gasteiger partial charge in [-0.15, -0.1) is 0 Å². The van der Waals surface area contributed by atoms with Crippen molar-refractivity contribution in [3.05, 3.63) is 28.8 Å². The molecule has 5 heteroatoms. The topological polar surface area (TPSA) is 32.3 Å². The Hall–Kier alpha value is -1.13. The van der Waals surface area contributed by atoms with Crippen LogP contribution in [0.15, 0.2) is 18.2 Å². The molecule has 1 aromatic rings. The van der Waals surface area contributed by atoms with E-state index in [1.807, 2.05) is 26.0 Å². The molecule has 1 aliphatic heterocycles. The maximum absolute atomic E-state index is 12.4. The summed E-state index contributed by atoms with van der Waals surface area (Å²) in [6, 6.07) is 5.56. The van der Waals surface area contributed by atoms with Crippen LogP contribution < -0.4 is 10.2 Å². The first-order valence-corrected chi connectivity index (χ1v) is 6.71. The molecule has 0 aliphatic carbocycles. The highest BCUT2D eigenvalue weighted by Gasteiger charge is 2.33. The fourth-order valence-electron chi connectivity index (χ4n) is 2.10. The molecule has 18 heavy (non-hydrogen) atoms. The van der Waals surface area contributed by atoms with Crippen LogP contribution in [-0.2, 0) is 4.79 Å². The van der Waals surface area contributed by atoms with E-state index in [0.29, 0.717) is 22.4 Å². The van der Waals surface area contributed by atoms with Crippen LogP contribution in [0.25, 0.3) is 0 Å². The van der Waals surface area contributed by atoms with E-state index in [2.05, 4.69) is 5.32 Å². The molecule has 0 bridgehead atoms. The van der Waals surface area contributed by atoms with E-state index in [4.69, 9.17) is 23.8 Å². The highest BCUT2D eigenvalue weighted by atomic mass is 35.5. The number of hydrogen-bond acceptors (Lipinski definition) is 2. The number of hydrogen-bond donors (Lipinski definition) is 1. The summed E-state index contributed by atoms with van der Waals surface area (Å²) in [4.78, 5) is 13.9. The number of carbonyl (C=O) groups is 1. The molecule has 1 unspecified atom stereocenters. The van der Waals surface area contributed by atoms with Gasteiger partial charge in [0.15, 0.2) is 5.11 Å². The van der Waals surface area contributed by atoms with Gasteiger partial charge in [0.2, 0.25) is 5.91 Å². The van der Waals surface area contributed by atoms with Crippen molar-refractivity contribution in [2.24, 2.45) is 5.92 Å². The first-order chi connectivity index (χ1) is 8.56. The Bertz CT molecular complexity index is 484. The third-order valence-electron chi connectivity index (χ3n) is 3.18. The van der Waals surface area contributed by atoms with Gasteiger partial charge in [0, 0.05) is 6.54 Å². The van der Waals surface area contributed by atoms with Crippen LogP contribution in [0.4, 0.5) is 5.69 Å². The first-order valence-electron chi connectivity index (χ1n) is 5.93. The standard InChI is InChI=1S/C13H15ClN2OS/c1-3-9-7-15-13(18)16(12(9)17)11-8(2)5-4-6-10(11)14/h4-6,9H,3,7H2,1-2H3,(H,15,18). The quantitative estimate of drug-likeness (QED) is 0.847. The minimum absolute atomic E-state index is 0.0254. The molecule has 1 amide bonds. The highest BCUT2D eigenvalue weighted by molar-refractivity contribution is 7.80. The third kappa shape index (κ3) is 2.22. The van der Waals surface area contributed by atoms with E-state index < -0.39 is 0 Å². The summed E-state index contributed by atoms with van der Waals surface area (Å²) >= 11 is 11.4. The zero-order valence-corrected chi connectivity index (χ0v) is 11.9. The molecular formula is C13H15ClN2OS. The summed E-state index contributed by atoms with van der Waals surface area (Å²) in [6.45, 7) is 4.52. The fraction of sp³-hybridized carbons (Fsp3) is 0.385. The molecule has 1 N–H and O–H groups in total. The third-order valence-corrected chi connectivity index (χ3v) is 3.81. The van der Waals surface area contributed by atoms with Crippen LogP contribution in [-0.4, -0.2) is 17.6 Å². The van der Waals surface area contributed by atoms with Crippen molar-refractivity contribution in [3.63, 3.8) is 0 Å². The maximum Gasteiger partial charge on any atom is 0.238 e. The molecular weight excluding hydrogens is 268 g/mol. The van der Waals surface area contributed by atoms with Crippen molar-refractivity contribution in [1.82, 2.24) is 5.32 Å². The second-order valence-electron chi connectivity index (χ2n) is 4.37. The summed E-state index contributed by atoms with van der Waals surface area (Å²) in [7, 11) is 0. The number of aryl methyl sites for hydroxylation is 1. The Morgan fingerprint density at radius 2 is 2.28 bits per heavy atom. The van der Waals surface area contributed by atoms with Crippen LogP contribution >= 0.6 is 23.8 Å². The van der Waals surface area contributed by atoms with Crippen LogP contribution in [0.2, 0.25) is 5.02 Å². The lowest BCUT2D eigenvalue weighted by atomic mass is 10.0. The van der Waals surface area contributed by atoms with Crippen molar-refractivity contribution in [1.29, 1.82) is 0 Å². The average molecular weight is 283 g/mol. The number of amides is 1. The predicted molar refractivity (Wildman–Crippen MR) is 78.1 cm³/mol. The van der Waals surface area contributed by atoms with Gasteiger partial charge in [-0.05, 0) is 37.2 Å². The van der Waals surface area contributed by atoms with Crippen LogP contribution in [0.3, 0.4) is 0 Å². The number of nitrogens with zero attached hydrogens (tertiary/aromatic N) is 1. The van der Waals surface area contributed by atoms with E-state index in [0.717, 1.165) is 12.0 Å². The monoisotopic (exact) mass is 282 g/mol. The minimum atomic E-state index is -0.0487. The average Bonchev–Trinajstić information content (AvgIpc) is 2.33. The number of anilines is 1. The summed E-state index contributed by atoms with van der Waals surface area (Å²) in [5.74, 6) is -0.0233. The molecule has 2 rings (SSSR count). The zero-order chi connectivity index (χ0) is 13.3. The van der Waals surface area contributed by atoms with Gasteiger partial charge < -0.3 is 5.32 Å². The van der Waals surface area contributed by atoms with Crippen molar-refractivity contribution in [3.8, 4) is 0 Å². The Labute approximate surface area is 117 Å². The van der Waals surface area contributed by atoms with E-state index in [9.17, 15) is 4.79 Å². The van der Waals surface area contributed by atoms with Crippen LogP contribution in [0.5, 0.6) is 0 Å². The van der Waals surface area contributed by atoms with Gasteiger partial charge in [-0.1, -0.05) is 30.7 Å². The van der Waals surface area contributed by atoms with E-state index in [-0.39, 0.29) is 11.8 Å². The molecule has 1 atom stereocenters. The second-order valence-corrected chi connectivity index (χ2v) is 5.16. The molecule has 0 aromatic heterocycles. The molecule has 0 saturated carbocycles. The Morgan fingerprint density at radius 3 is 2.89 bits per heavy atom. The van der Waals surface area contributed by atoms with E-state index >= 15 is 0 Å². The molecule has 1 aliphatic rings. The lowest BCUT2D eigenvalue weighted by molar-refractivity contribution is -0.121. The highest BCUT2D eigenvalue weighted by Crippen LogP contribution is 2.32. The Balaban J connectivity index is 2.47. The molecule has 96 valence electrons. The molecule has 1 saturated heterocycles. The smallest absolute Gasteiger partial charge is 0.238 e. The summed E-state index contributed by atoms with van der Waals surface area (Å²) in [6.07, 6.45) is 0.786. The number of halogens is 1. The summed E-state index contributed by atoms with van der Waals surface area (Å²) < 4.78 is 0. The van der Waals surface area contributed by atoms with Gasteiger partial charge in [-0.3, -0.25) is 9.69 Å². The summed E-state index contributed by atoms with van der Waals surface area (Å²) in [5, 5.41) is 4.07. The van der Waals surface area contributed by atoms with Crippen molar-refractivity contribution >= 4 is 40.5 Å². The number of thiocarbonyl (C=S) groups is 1. The van der Waals surface area contributed by atoms with Gasteiger partial charge >= 0.3 is 0 Å². The van der Waals surface area contributed by atoms with Gasteiger partial charge in [0.1, 0.15) is 0 Å². The maximum atomic E-state index is 12.4. The number of rotatable bonds is 2. The fourth-order valence-corrected chi connectivity index (χ4v) is 2.67. The molecule has 0 radical (unpaired) electrons. The predicted octanol–water partition coefficient (Wildman–Crippen LogP) is 2.90. The minimum Gasteiger partial charge on any atom is -0.361 e. The van der Waals surface area contributed by atoms with Crippen molar-refractivity contribution in [2.45, 2.75) is 20.3 Å². The lowest BCUT2D eigenvalue weighted by Crippen LogP contribution is -2.55.